The molecule has 2 unspecified atom stereocenters. The number of ether oxygens (including phenoxy) is 2. The Morgan fingerprint density at radius 3 is 1.69 bits per heavy atom. The van der Waals surface area contributed by atoms with Crippen LogP contribution in [0.1, 0.15) is 25.7 Å². The molecule has 3 N–H and O–H groups in total. The van der Waals surface area contributed by atoms with E-state index in [0.29, 0.717) is 32.2 Å². The number of amides is 4. The Hall–Kier alpha value is -3.79. The largest absolute Gasteiger partial charge is 0.480 e. The zero-order valence-electron chi connectivity index (χ0n) is 22.0. The molecule has 2 saturated heterocycles. The molecule has 2 atom stereocenters. The van der Waals surface area contributed by atoms with Crippen LogP contribution in [-0.4, -0.2) is 150 Å². The van der Waals surface area contributed by atoms with Gasteiger partial charge in [-0.1, -0.05) is 0 Å². The Kier molecular flexibility index (Phi) is 12.1. The average molecular weight is 558 g/mol. The zero-order valence-corrected chi connectivity index (χ0v) is 22.0. The summed E-state index contributed by atoms with van der Waals surface area (Å²) in [7, 11) is 2.40. The number of rotatable bonds is 13. The van der Waals surface area contributed by atoms with Crippen molar-refractivity contribution in [1.82, 2.24) is 24.9 Å². The number of carboxylic acids is 2. The van der Waals surface area contributed by atoms with Crippen LogP contribution in [0.5, 0.6) is 0 Å². The summed E-state index contributed by atoms with van der Waals surface area (Å²) in [5.74, 6) is -4.97. The zero-order chi connectivity index (χ0) is 29.1. The molecule has 16 heteroatoms. The van der Waals surface area contributed by atoms with Crippen molar-refractivity contribution in [2.24, 2.45) is 0 Å². The predicted molar refractivity (Wildman–Crippen MR) is 130 cm³/mol. The Morgan fingerprint density at radius 1 is 0.744 bits per heavy atom. The van der Waals surface area contributed by atoms with Gasteiger partial charge in [-0.05, 0) is 25.7 Å². The lowest BCUT2D eigenvalue weighted by molar-refractivity contribution is -0.151. The van der Waals surface area contributed by atoms with Crippen molar-refractivity contribution in [3.05, 3.63) is 0 Å². The van der Waals surface area contributed by atoms with Gasteiger partial charge >= 0.3 is 29.9 Å². The van der Waals surface area contributed by atoms with E-state index in [1.165, 1.54) is 33.8 Å². The van der Waals surface area contributed by atoms with Crippen LogP contribution in [0.25, 0.3) is 0 Å². The first-order valence-corrected chi connectivity index (χ1v) is 12.4. The van der Waals surface area contributed by atoms with Gasteiger partial charge in [0, 0.05) is 26.2 Å². The summed E-state index contributed by atoms with van der Waals surface area (Å²) in [4.78, 5) is 89.4. The maximum atomic E-state index is 12.8. The molecule has 0 radical (unpaired) electrons. The van der Waals surface area contributed by atoms with E-state index in [1.54, 1.807) is 0 Å². The number of nitrogens with zero attached hydrogens (tertiary/aromatic N) is 4. The third-order valence-corrected chi connectivity index (χ3v) is 6.46. The molecule has 0 bridgehead atoms. The standard InChI is InChI=1S/C23H35N5O11/c1-38-21(35)15-5-3-7-27(15)18(30)12-26(14-20(33)34)10-9-25(13-19(31)32)11-17(29)24-23(37)28-8-4-6-16(28)22(36)39-2/h15-16H,3-14H2,1-2H3,(H,31,32)(H,33,34)(H,24,29,37). The number of hydrogen-bond acceptors (Lipinski definition) is 11. The fourth-order valence-electron chi connectivity index (χ4n) is 4.65. The van der Waals surface area contributed by atoms with Crippen LogP contribution in [0.2, 0.25) is 0 Å². The van der Waals surface area contributed by atoms with E-state index in [0.717, 1.165) is 0 Å². The molecule has 0 aromatic rings. The summed E-state index contributed by atoms with van der Waals surface area (Å²) >= 11 is 0. The molecule has 2 aliphatic rings. The van der Waals surface area contributed by atoms with Gasteiger partial charge in [-0.3, -0.25) is 34.3 Å². The van der Waals surface area contributed by atoms with Gasteiger partial charge in [0.05, 0.1) is 40.4 Å². The molecule has 39 heavy (non-hydrogen) atoms. The van der Waals surface area contributed by atoms with Crippen molar-refractivity contribution in [3.63, 3.8) is 0 Å². The van der Waals surface area contributed by atoms with Crippen molar-refractivity contribution >= 4 is 41.7 Å². The molecule has 2 rings (SSSR count). The monoisotopic (exact) mass is 557 g/mol. The van der Waals surface area contributed by atoms with Crippen LogP contribution < -0.4 is 5.32 Å². The molecule has 0 aliphatic carbocycles. The van der Waals surface area contributed by atoms with Crippen molar-refractivity contribution in [2.75, 3.05) is 66.6 Å². The number of aliphatic carboxylic acids is 2. The van der Waals surface area contributed by atoms with E-state index >= 15 is 0 Å². The maximum Gasteiger partial charge on any atom is 0.328 e. The first kappa shape index (κ1) is 31.4. The number of carboxylic acid groups (broad SMARTS) is 2. The lowest BCUT2D eigenvalue weighted by atomic mass is 10.2. The Bertz CT molecular complexity index is 959. The Balaban J connectivity index is 1.99. The van der Waals surface area contributed by atoms with Gasteiger partial charge in [0.2, 0.25) is 11.8 Å². The third-order valence-electron chi connectivity index (χ3n) is 6.46. The molecule has 0 aromatic carbocycles. The van der Waals surface area contributed by atoms with Gasteiger partial charge < -0.3 is 29.5 Å². The Morgan fingerprint density at radius 2 is 1.21 bits per heavy atom. The summed E-state index contributed by atoms with van der Waals surface area (Å²) in [6.07, 6.45) is 1.94. The molecule has 2 fully saturated rings. The molecular formula is C23H35N5O11. The first-order valence-electron chi connectivity index (χ1n) is 12.4. The molecule has 2 aliphatic heterocycles. The summed E-state index contributed by atoms with van der Waals surface area (Å²) in [5.41, 5.74) is 0. The average Bonchev–Trinajstić information content (AvgIpc) is 3.55. The van der Waals surface area contributed by atoms with Gasteiger partial charge in [0.1, 0.15) is 12.1 Å². The summed E-state index contributed by atoms with van der Waals surface area (Å²) in [5, 5.41) is 20.7. The van der Waals surface area contributed by atoms with E-state index in [9.17, 15) is 43.8 Å². The van der Waals surface area contributed by atoms with Crippen LogP contribution in [-0.2, 0) is 38.2 Å². The minimum Gasteiger partial charge on any atom is -0.480 e. The van der Waals surface area contributed by atoms with Gasteiger partial charge in [0.15, 0.2) is 0 Å². The minimum atomic E-state index is -1.27. The molecular weight excluding hydrogens is 522 g/mol. The van der Waals surface area contributed by atoms with E-state index in [-0.39, 0.29) is 26.2 Å². The van der Waals surface area contributed by atoms with Gasteiger partial charge in [-0.2, -0.15) is 0 Å². The highest BCUT2D eigenvalue weighted by molar-refractivity contribution is 5.97. The van der Waals surface area contributed by atoms with Crippen LogP contribution in [0.4, 0.5) is 4.79 Å². The van der Waals surface area contributed by atoms with Crippen molar-refractivity contribution in [2.45, 2.75) is 37.8 Å². The highest BCUT2D eigenvalue weighted by Gasteiger charge is 2.37. The quantitative estimate of drug-likeness (QED) is 0.206. The van der Waals surface area contributed by atoms with Gasteiger partial charge in [0.25, 0.3) is 0 Å². The number of esters is 2. The second-order valence-corrected chi connectivity index (χ2v) is 9.21. The number of urea groups is 1. The Labute approximate surface area is 224 Å². The molecule has 218 valence electrons. The van der Waals surface area contributed by atoms with E-state index in [4.69, 9.17) is 4.74 Å². The summed E-state index contributed by atoms with van der Waals surface area (Å²) in [6.45, 7) is -1.67. The fraction of sp³-hybridized carbons (Fsp3) is 0.696. The number of hydrogen-bond donors (Lipinski definition) is 3. The number of imide groups is 1. The van der Waals surface area contributed by atoms with Crippen molar-refractivity contribution in [1.29, 1.82) is 0 Å². The van der Waals surface area contributed by atoms with E-state index in [1.807, 2.05) is 0 Å². The normalized spacial score (nSPS) is 18.8. The maximum absolute atomic E-state index is 12.8. The molecule has 2 heterocycles. The number of carbonyl (C=O) groups excluding carboxylic acids is 5. The summed E-state index contributed by atoms with van der Waals surface area (Å²) in [6, 6.07) is -2.39. The lowest BCUT2D eigenvalue weighted by Gasteiger charge is -2.28. The van der Waals surface area contributed by atoms with Crippen molar-refractivity contribution < 1.29 is 53.2 Å². The van der Waals surface area contributed by atoms with Crippen molar-refractivity contribution in [3.8, 4) is 0 Å². The lowest BCUT2D eigenvalue weighted by Crippen LogP contribution is -2.51. The molecule has 0 spiro atoms. The van der Waals surface area contributed by atoms with Crippen LogP contribution in [0, 0.1) is 0 Å². The SMILES string of the molecule is COC(=O)C1CCCN1C(=O)CN(CCN(CC(=O)O)CC(=O)NC(=O)N1CCCC1C(=O)OC)CC(=O)O. The molecule has 16 nitrogen and oxygen atoms in total. The van der Waals surface area contributed by atoms with Gasteiger partial charge in [-0.25, -0.2) is 14.4 Å². The second-order valence-electron chi connectivity index (χ2n) is 9.21. The van der Waals surface area contributed by atoms with Crippen LogP contribution in [0.15, 0.2) is 0 Å². The highest BCUT2D eigenvalue weighted by Crippen LogP contribution is 2.19. The number of nitrogens with one attached hydrogen (secondary N) is 1. The smallest absolute Gasteiger partial charge is 0.328 e. The van der Waals surface area contributed by atoms with Gasteiger partial charge in [-0.15, -0.1) is 0 Å². The second kappa shape index (κ2) is 15.0. The fourth-order valence-corrected chi connectivity index (χ4v) is 4.65. The minimum absolute atomic E-state index is 0.0974. The molecule has 4 amide bonds. The number of methoxy groups -OCH3 is 2. The van der Waals surface area contributed by atoms with Crippen LogP contribution >= 0.6 is 0 Å². The molecule has 0 aromatic heterocycles. The number of carbonyl (C=O) groups is 7. The van der Waals surface area contributed by atoms with Crippen LogP contribution in [0.3, 0.4) is 0 Å². The predicted octanol–water partition coefficient (Wildman–Crippen LogP) is -2.20. The molecule has 0 saturated carbocycles. The summed E-state index contributed by atoms with van der Waals surface area (Å²) < 4.78 is 9.41. The number of likely N-dealkylation sites (tertiary alicyclic amines) is 2. The highest BCUT2D eigenvalue weighted by atomic mass is 16.5. The van der Waals surface area contributed by atoms with E-state index < -0.39 is 73.4 Å². The third kappa shape index (κ3) is 9.47. The first-order chi connectivity index (χ1) is 18.5. The van der Waals surface area contributed by atoms with E-state index in [2.05, 4.69) is 10.1 Å². The topological polar surface area (TPSA) is 203 Å².